The van der Waals surface area contributed by atoms with Gasteiger partial charge >= 0.3 is 0 Å². The highest BCUT2D eigenvalue weighted by Crippen LogP contribution is 1.97. The van der Waals surface area contributed by atoms with Gasteiger partial charge in [0, 0.05) is 21.3 Å². The molecular formula is C21H48O9. The van der Waals surface area contributed by atoms with Crippen LogP contribution in [0.1, 0.15) is 41.5 Å². The van der Waals surface area contributed by atoms with Gasteiger partial charge in [-0.3, -0.25) is 0 Å². The van der Waals surface area contributed by atoms with Crippen LogP contribution >= 0.6 is 0 Å². The van der Waals surface area contributed by atoms with Gasteiger partial charge < -0.3 is 43.7 Å². The van der Waals surface area contributed by atoms with Crippen LogP contribution in [-0.2, 0) is 28.4 Å². The van der Waals surface area contributed by atoms with Crippen molar-refractivity contribution in [2.24, 2.45) is 0 Å². The molecule has 30 heavy (non-hydrogen) atoms. The lowest BCUT2D eigenvalue weighted by atomic mass is 10.4. The predicted octanol–water partition coefficient (Wildman–Crippen LogP) is 1.26. The van der Waals surface area contributed by atoms with E-state index in [0.29, 0.717) is 26.4 Å². The number of hydrogen-bond donors (Lipinski definition) is 3. The molecule has 0 heterocycles. The molecular weight excluding hydrogens is 396 g/mol. The van der Waals surface area contributed by atoms with Gasteiger partial charge in [0.25, 0.3) is 0 Å². The van der Waals surface area contributed by atoms with Gasteiger partial charge in [-0.05, 0) is 41.5 Å². The van der Waals surface area contributed by atoms with Crippen LogP contribution in [0.3, 0.4) is 0 Å². The van der Waals surface area contributed by atoms with E-state index in [2.05, 4.69) is 0 Å². The maximum Gasteiger partial charge on any atom is 0.0785 e. The lowest BCUT2D eigenvalue weighted by Crippen LogP contribution is -2.23. The lowest BCUT2D eigenvalue weighted by molar-refractivity contribution is -0.0502. The van der Waals surface area contributed by atoms with Crippen molar-refractivity contribution in [1.29, 1.82) is 0 Å². The van der Waals surface area contributed by atoms with Crippen molar-refractivity contribution in [2.75, 3.05) is 61.0 Å². The van der Waals surface area contributed by atoms with Gasteiger partial charge in [-0.1, -0.05) is 0 Å². The normalized spacial score (nSPS) is 16.8. The van der Waals surface area contributed by atoms with Crippen LogP contribution in [0.25, 0.3) is 0 Å². The number of rotatable bonds is 15. The van der Waals surface area contributed by atoms with Crippen LogP contribution in [0.5, 0.6) is 0 Å². The molecule has 0 spiro atoms. The zero-order valence-electron chi connectivity index (χ0n) is 20.5. The number of aliphatic hydroxyl groups excluding tert-OH is 3. The molecule has 9 heteroatoms. The first-order chi connectivity index (χ1) is 14.1. The molecule has 0 radical (unpaired) electrons. The Hall–Kier alpha value is -0.360. The van der Waals surface area contributed by atoms with Gasteiger partial charge in [-0.25, -0.2) is 0 Å². The highest BCUT2D eigenvalue weighted by atomic mass is 16.5. The Balaban J connectivity index is -0.000000364. The second kappa shape index (κ2) is 24.9. The molecule has 0 bridgehead atoms. The third-order valence-electron chi connectivity index (χ3n) is 3.42. The minimum Gasteiger partial charge on any atom is -0.394 e. The number of aliphatic hydroxyl groups is 3. The molecule has 3 N–H and O–H groups in total. The Morgan fingerprint density at radius 2 is 1.03 bits per heavy atom. The van der Waals surface area contributed by atoms with E-state index in [9.17, 15) is 0 Å². The van der Waals surface area contributed by atoms with Gasteiger partial charge in [-0.2, -0.15) is 0 Å². The van der Waals surface area contributed by atoms with Crippen molar-refractivity contribution < 1.29 is 43.7 Å². The topological polar surface area (TPSA) is 116 Å². The SMILES string of the molecule is COC(C)COC(C)CO.COCC(C)OC(C)CO.COCC(C)OCC(C)O. The van der Waals surface area contributed by atoms with E-state index in [1.807, 2.05) is 34.6 Å². The molecule has 9 nitrogen and oxygen atoms in total. The van der Waals surface area contributed by atoms with E-state index in [1.165, 1.54) is 0 Å². The molecule has 0 rings (SSSR count). The van der Waals surface area contributed by atoms with Gasteiger partial charge in [0.15, 0.2) is 0 Å². The zero-order valence-corrected chi connectivity index (χ0v) is 20.5. The number of ether oxygens (including phenoxy) is 6. The van der Waals surface area contributed by atoms with E-state index < -0.39 is 0 Å². The summed E-state index contributed by atoms with van der Waals surface area (Å²) in [5, 5.41) is 25.9. The molecule has 0 aliphatic carbocycles. The Morgan fingerprint density at radius 1 is 0.567 bits per heavy atom. The third-order valence-corrected chi connectivity index (χ3v) is 3.42. The van der Waals surface area contributed by atoms with Gasteiger partial charge in [0.2, 0.25) is 0 Å². The molecule has 0 aromatic rings. The van der Waals surface area contributed by atoms with Crippen molar-refractivity contribution in [3.05, 3.63) is 0 Å². The monoisotopic (exact) mass is 444 g/mol. The predicted molar refractivity (Wildman–Crippen MR) is 117 cm³/mol. The fraction of sp³-hybridized carbons (Fsp3) is 1.00. The molecule has 0 fully saturated rings. The lowest BCUT2D eigenvalue weighted by Gasteiger charge is -2.16. The summed E-state index contributed by atoms with van der Waals surface area (Å²) in [5.74, 6) is 0. The van der Waals surface area contributed by atoms with Gasteiger partial charge in [0.1, 0.15) is 0 Å². The summed E-state index contributed by atoms with van der Waals surface area (Å²) in [6.07, 6.45) is -0.331. The first-order valence-corrected chi connectivity index (χ1v) is 10.4. The second-order valence-corrected chi connectivity index (χ2v) is 7.22. The molecule has 0 saturated heterocycles. The Bertz CT molecular complexity index is 309. The molecule has 6 atom stereocenters. The minimum atomic E-state index is -0.390. The Kier molecular flexibility index (Phi) is 28.4. The van der Waals surface area contributed by atoms with Crippen LogP contribution < -0.4 is 0 Å². The fourth-order valence-electron chi connectivity index (χ4n) is 1.72. The van der Waals surface area contributed by atoms with E-state index in [0.717, 1.165) is 0 Å². The van der Waals surface area contributed by atoms with Crippen LogP contribution in [-0.4, -0.2) is 113 Å². The molecule has 0 aliphatic rings. The molecule has 0 amide bonds. The minimum absolute atomic E-state index is 0.0622. The van der Waals surface area contributed by atoms with Crippen molar-refractivity contribution in [2.45, 2.75) is 78.2 Å². The average molecular weight is 445 g/mol. The molecule has 0 aromatic carbocycles. The van der Waals surface area contributed by atoms with Crippen LogP contribution in [0, 0.1) is 0 Å². The standard InChI is InChI=1S/3C7H16O3/c1-6(8)4-10-7(2)5-9-3;1-6(4-8)10-5-7(2)9-3;1-6(4-8)10-7(2)5-9-3/h3*6-8H,4-5H2,1-3H3. The Labute approximate surface area is 183 Å². The molecule has 6 unspecified atom stereocenters. The van der Waals surface area contributed by atoms with Crippen molar-refractivity contribution in [3.8, 4) is 0 Å². The molecule has 186 valence electrons. The maximum atomic E-state index is 8.80. The summed E-state index contributed by atoms with van der Waals surface area (Å²) in [4.78, 5) is 0. The summed E-state index contributed by atoms with van der Waals surface area (Å²) in [6.45, 7) is 13.3. The Morgan fingerprint density at radius 3 is 1.43 bits per heavy atom. The van der Waals surface area contributed by atoms with E-state index in [-0.39, 0.29) is 49.8 Å². The zero-order chi connectivity index (χ0) is 23.9. The van der Waals surface area contributed by atoms with Crippen LogP contribution in [0.4, 0.5) is 0 Å². The smallest absolute Gasteiger partial charge is 0.0785 e. The highest BCUT2D eigenvalue weighted by molar-refractivity contribution is 4.52. The van der Waals surface area contributed by atoms with E-state index in [1.54, 1.807) is 28.3 Å². The first-order valence-electron chi connectivity index (χ1n) is 10.4. The maximum absolute atomic E-state index is 8.80. The number of hydrogen-bond acceptors (Lipinski definition) is 9. The van der Waals surface area contributed by atoms with Gasteiger partial charge in [0.05, 0.1) is 76.3 Å². The highest BCUT2D eigenvalue weighted by Gasteiger charge is 2.06. The van der Waals surface area contributed by atoms with Crippen LogP contribution in [0.2, 0.25) is 0 Å². The summed E-state index contributed by atoms with van der Waals surface area (Å²) in [6, 6.07) is 0. The first kappa shape index (κ1) is 34.3. The average Bonchev–Trinajstić information content (AvgIpc) is 2.71. The summed E-state index contributed by atoms with van der Waals surface area (Å²) in [5.41, 5.74) is 0. The molecule has 0 saturated carbocycles. The molecule has 0 aromatic heterocycles. The van der Waals surface area contributed by atoms with Crippen molar-refractivity contribution in [1.82, 2.24) is 0 Å². The number of methoxy groups -OCH3 is 3. The molecule has 0 aliphatic heterocycles. The van der Waals surface area contributed by atoms with E-state index >= 15 is 0 Å². The largest absolute Gasteiger partial charge is 0.394 e. The van der Waals surface area contributed by atoms with Crippen LogP contribution in [0.15, 0.2) is 0 Å². The third kappa shape index (κ3) is 29.8. The van der Waals surface area contributed by atoms with Crippen molar-refractivity contribution >= 4 is 0 Å². The summed E-state index contributed by atoms with van der Waals surface area (Å²) in [7, 11) is 4.89. The van der Waals surface area contributed by atoms with Crippen molar-refractivity contribution in [3.63, 3.8) is 0 Å². The quantitative estimate of drug-likeness (QED) is 0.343. The summed E-state index contributed by atoms with van der Waals surface area (Å²) >= 11 is 0. The summed E-state index contributed by atoms with van der Waals surface area (Å²) < 4.78 is 30.2. The van der Waals surface area contributed by atoms with E-state index in [4.69, 9.17) is 43.7 Å². The van der Waals surface area contributed by atoms with Gasteiger partial charge in [-0.15, -0.1) is 0 Å². The second-order valence-electron chi connectivity index (χ2n) is 7.22. The fourth-order valence-corrected chi connectivity index (χ4v) is 1.72.